The zero-order valence-electron chi connectivity index (χ0n) is 6.70. The standard InChI is InChI=1S/C9H8ClNO2/c10-6-3-1-5(2-4-6)7-8(12)9(13)11-7/h1-4,7-8,12H,(H,11,13)/t7-,8+/m0/s1. The monoisotopic (exact) mass is 197 g/mol. The van der Waals surface area contributed by atoms with Crippen molar-refractivity contribution < 1.29 is 9.90 Å². The predicted molar refractivity (Wildman–Crippen MR) is 48.3 cm³/mol. The van der Waals surface area contributed by atoms with Gasteiger partial charge >= 0.3 is 0 Å². The Bertz CT molecular complexity index is 336. The minimum absolute atomic E-state index is 0.273. The first-order valence-corrected chi connectivity index (χ1v) is 4.30. The lowest BCUT2D eigenvalue weighted by atomic mass is 9.94. The Morgan fingerprint density at radius 3 is 2.38 bits per heavy atom. The van der Waals surface area contributed by atoms with Gasteiger partial charge < -0.3 is 10.4 Å². The van der Waals surface area contributed by atoms with E-state index >= 15 is 0 Å². The number of aliphatic hydroxyl groups excluding tert-OH is 1. The summed E-state index contributed by atoms with van der Waals surface area (Å²) >= 11 is 5.69. The maximum absolute atomic E-state index is 10.7. The number of halogens is 1. The molecule has 0 bridgehead atoms. The lowest BCUT2D eigenvalue weighted by Crippen LogP contribution is -2.55. The topological polar surface area (TPSA) is 49.3 Å². The molecule has 0 saturated carbocycles. The van der Waals surface area contributed by atoms with Crippen molar-refractivity contribution in [2.45, 2.75) is 12.1 Å². The molecule has 13 heavy (non-hydrogen) atoms. The summed E-state index contributed by atoms with van der Waals surface area (Å²) in [5, 5.41) is 12.5. The van der Waals surface area contributed by atoms with Crippen molar-refractivity contribution in [3.05, 3.63) is 34.9 Å². The Hall–Kier alpha value is -1.06. The molecule has 1 saturated heterocycles. The molecular weight excluding hydrogens is 190 g/mol. The number of hydrogen-bond acceptors (Lipinski definition) is 2. The van der Waals surface area contributed by atoms with Crippen molar-refractivity contribution in [3.63, 3.8) is 0 Å². The maximum atomic E-state index is 10.7. The highest BCUT2D eigenvalue weighted by Gasteiger charge is 2.38. The first-order valence-electron chi connectivity index (χ1n) is 3.92. The molecule has 0 aliphatic carbocycles. The Kier molecular flexibility index (Phi) is 1.98. The van der Waals surface area contributed by atoms with Crippen molar-refractivity contribution in [1.82, 2.24) is 5.32 Å². The molecule has 2 atom stereocenters. The molecule has 0 aromatic heterocycles. The van der Waals surface area contributed by atoms with Crippen molar-refractivity contribution in [1.29, 1.82) is 0 Å². The molecule has 1 aromatic rings. The number of amides is 1. The van der Waals surface area contributed by atoms with Gasteiger partial charge in [-0.3, -0.25) is 4.79 Å². The number of hydrogen-bond donors (Lipinski definition) is 2. The van der Waals surface area contributed by atoms with E-state index in [9.17, 15) is 9.90 Å². The summed E-state index contributed by atoms with van der Waals surface area (Å²) < 4.78 is 0. The molecule has 1 heterocycles. The van der Waals surface area contributed by atoms with Gasteiger partial charge in [0.15, 0.2) is 6.10 Å². The van der Waals surface area contributed by atoms with E-state index in [-0.39, 0.29) is 11.9 Å². The van der Waals surface area contributed by atoms with Crippen LogP contribution >= 0.6 is 11.6 Å². The Balaban J connectivity index is 2.18. The van der Waals surface area contributed by atoms with Crippen molar-refractivity contribution in [2.75, 3.05) is 0 Å². The molecule has 1 amide bonds. The highest BCUT2D eigenvalue weighted by atomic mass is 35.5. The third-order valence-corrected chi connectivity index (χ3v) is 2.36. The molecule has 2 N–H and O–H groups in total. The third-order valence-electron chi connectivity index (χ3n) is 2.11. The first kappa shape index (κ1) is 8.53. The van der Waals surface area contributed by atoms with Crippen LogP contribution in [0.1, 0.15) is 11.6 Å². The molecular formula is C9H8ClNO2. The van der Waals surface area contributed by atoms with Crippen LogP contribution < -0.4 is 5.32 Å². The average molecular weight is 198 g/mol. The number of benzene rings is 1. The van der Waals surface area contributed by atoms with Gasteiger partial charge in [0.25, 0.3) is 5.91 Å². The Morgan fingerprint density at radius 2 is 1.92 bits per heavy atom. The lowest BCUT2D eigenvalue weighted by molar-refractivity contribution is -0.142. The quantitative estimate of drug-likeness (QED) is 0.657. The van der Waals surface area contributed by atoms with Gasteiger partial charge in [0.05, 0.1) is 6.04 Å². The van der Waals surface area contributed by atoms with Gasteiger partial charge in [-0.25, -0.2) is 0 Å². The van der Waals surface area contributed by atoms with E-state index in [0.717, 1.165) is 5.56 Å². The largest absolute Gasteiger partial charge is 0.381 e. The van der Waals surface area contributed by atoms with E-state index in [1.165, 1.54) is 0 Å². The minimum Gasteiger partial charge on any atom is -0.381 e. The molecule has 2 rings (SSSR count). The van der Waals surface area contributed by atoms with Crippen LogP contribution in [0.2, 0.25) is 5.02 Å². The van der Waals surface area contributed by atoms with Gasteiger partial charge in [0, 0.05) is 5.02 Å². The molecule has 1 aliphatic rings. The normalized spacial score (nSPS) is 26.5. The van der Waals surface area contributed by atoms with Crippen molar-refractivity contribution in [2.24, 2.45) is 0 Å². The van der Waals surface area contributed by atoms with Crippen LogP contribution in [0, 0.1) is 0 Å². The number of β-lactam (4-membered cyclic amide) rings is 1. The molecule has 4 heteroatoms. The van der Waals surface area contributed by atoms with Crippen LogP contribution in [0.3, 0.4) is 0 Å². The van der Waals surface area contributed by atoms with Gasteiger partial charge in [-0.1, -0.05) is 23.7 Å². The van der Waals surface area contributed by atoms with E-state index in [1.54, 1.807) is 24.3 Å². The molecule has 3 nitrogen and oxygen atoms in total. The summed E-state index contributed by atoms with van der Waals surface area (Å²) in [5.41, 5.74) is 0.872. The number of nitrogens with one attached hydrogen (secondary N) is 1. The van der Waals surface area contributed by atoms with Crippen LogP contribution in [0.5, 0.6) is 0 Å². The highest BCUT2D eigenvalue weighted by molar-refractivity contribution is 6.30. The first-order chi connectivity index (χ1) is 6.18. The van der Waals surface area contributed by atoms with Crippen LogP contribution in [0.15, 0.2) is 24.3 Å². The zero-order valence-corrected chi connectivity index (χ0v) is 7.45. The predicted octanol–water partition coefficient (Wildman–Crippen LogP) is 0.872. The fourth-order valence-corrected chi connectivity index (χ4v) is 1.43. The minimum atomic E-state index is -0.916. The van der Waals surface area contributed by atoms with Crippen LogP contribution in [0.25, 0.3) is 0 Å². The Morgan fingerprint density at radius 1 is 1.31 bits per heavy atom. The van der Waals surface area contributed by atoms with E-state index in [1.807, 2.05) is 0 Å². The maximum Gasteiger partial charge on any atom is 0.251 e. The van der Waals surface area contributed by atoms with Gasteiger partial charge in [-0.2, -0.15) is 0 Å². The lowest BCUT2D eigenvalue weighted by Gasteiger charge is -2.33. The molecule has 1 fully saturated rings. The summed E-state index contributed by atoms with van der Waals surface area (Å²) in [4.78, 5) is 10.7. The fourth-order valence-electron chi connectivity index (χ4n) is 1.31. The van der Waals surface area contributed by atoms with Crippen LogP contribution in [-0.4, -0.2) is 17.1 Å². The summed E-state index contributed by atoms with van der Waals surface area (Å²) in [6.45, 7) is 0. The van der Waals surface area contributed by atoms with E-state index in [4.69, 9.17) is 11.6 Å². The molecule has 1 aliphatic heterocycles. The van der Waals surface area contributed by atoms with Crippen LogP contribution in [0.4, 0.5) is 0 Å². The summed E-state index contributed by atoms with van der Waals surface area (Å²) in [6, 6.07) is 6.76. The summed E-state index contributed by atoms with van der Waals surface area (Å²) in [6.07, 6.45) is -0.916. The van der Waals surface area contributed by atoms with E-state index in [0.29, 0.717) is 5.02 Å². The zero-order chi connectivity index (χ0) is 9.42. The summed E-state index contributed by atoms with van der Waals surface area (Å²) in [7, 11) is 0. The summed E-state index contributed by atoms with van der Waals surface area (Å²) in [5.74, 6) is -0.319. The second-order valence-corrected chi connectivity index (χ2v) is 3.42. The van der Waals surface area contributed by atoms with Gasteiger partial charge in [-0.15, -0.1) is 0 Å². The molecule has 0 radical (unpaired) electrons. The fraction of sp³-hybridized carbons (Fsp3) is 0.222. The Labute approximate surface area is 80.3 Å². The average Bonchev–Trinajstić information content (AvgIpc) is 2.15. The molecule has 68 valence electrons. The van der Waals surface area contributed by atoms with Crippen molar-refractivity contribution in [3.8, 4) is 0 Å². The highest BCUT2D eigenvalue weighted by Crippen LogP contribution is 2.25. The number of rotatable bonds is 1. The number of carbonyl (C=O) groups excluding carboxylic acids is 1. The smallest absolute Gasteiger partial charge is 0.251 e. The second-order valence-electron chi connectivity index (χ2n) is 2.98. The molecule has 0 spiro atoms. The van der Waals surface area contributed by atoms with Crippen molar-refractivity contribution >= 4 is 17.5 Å². The number of carbonyl (C=O) groups is 1. The van der Waals surface area contributed by atoms with E-state index < -0.39 is 6.10 Å². The van der Waals surface area contributed by atoms with Gasteiger partial charge in [-0.05, 0) is 17.7 Å². The second kappa shape index (κ2) is 3.01. The molecule has 1 aromatic carbocycles. The number of aliphatic hydroxyl groups is 1. The molecule has 0 unspecified atom stereocenters. The van der Waals surface area contributed by atoms with Crippen LogP contribution in [-0.2, 0) is 4.79 Å². The third kappa shape index (κ3) is 1.41. The SMILES string of the molecule is O=C1N[C@@H](c2ccc(Cl)cc2)[C@H]1O. The van der Waals surface area contributed by atoms with E-state index in [2.05, 4.69) is 5.32 Å². The van der Waals surface area contributed by atoms with Gasteiger partial charge in [0.1, 0.15) is 0 Å². The van der Waals surface area contributed by atoms with Gasteiger partial charge in [0.2, 0.25) is 0 Å².